The van der Waals surface area contributed by atoms with E-state index < -0.39 is 15.9 Å². The van der Waals surface area contributed by atoms with Crippen LogP contribution in [-0.2, 0) is 14.8 Å². The molecule has 7 heteroatoms. The van der Waals surface area contributed by atoms with E-state index in [2.05, 4.69) is 4.72 Å². The average molecular weight is 181 g/mol. The zero-order valence-corrected chi connectivity index (χ0v) is 6.94. The van der Waals surface area contributed by atoms with Gasteiger partial charge < -0.3 is 0 Å². The first-order valence-electron chi connectivity index (χ1n) is 2.90. The molecule has 6 nitrogen and oxygen atoms in total. The maximum Gasteiger partial charge on any atom is 0.235 e. The Hall–Kier alpha value is -0.660. The Kier molecular flexibility index (Phi) is 4.01. The van der Waals surface area contributed by atoms with Crippen molar-refractivity contribution in [3.8, 4) is 0 Å². The van der Waals surface area contributed by atoms with Crippen LogP contribution in [0.25, 0.3) is 0 Å². The van der Waals surface area contributed by atoms with E-state index in [4.69, 9.17) is 5.84 Å². The van der Waals surface area contributed by atoms with Gasteiger partial charge in [-0.25, -0.2) is 19.0 Å². The Morgan fingerprint density at radius 3 is 2.45 bits per heavy atom. The van der Waals surface area contributed by atoms with E-state index in [0.29, 0.717) is 0 Å². The number of amides is 1. The molecule has 1 amide bonds. The monoisotopic (exact) mass is 181 g/mol. The highest BCUT2D eigenvalue weighted by Crippen LogP contribution is 1.78. The van der Waals surface area contributed by atoms with Crippen LogP contribution in [0.5, 0.6) is 0 Å². The molecular weight excluding hydrogens is 170 g/mol. The number of rotatable bonds is 4. The molecule has 0 fully saturated rings. The van der Waals surface area contributed by atoms with Gasteiger partial charge >= 0.3 is 0 Å². The molecular formula is C4H11N3O3S. The number of sulfonamides is 1. The molecule has 0 unspecified atom stereocenters. The minimum atomic E-state index is -3.20. The number of nitrogens with two attached hydrogens (primary N) is 1. The van der Waals surface area contributed by atoms with Crippen molar-refractivity contribution in [1.82, 2.24) is 10.1 Å². The zero-order valence-electron chi connectivity index (χ0n) is 6.12. The van der Waals surface area contributed by atoms with Crippen LogP contribution in [-0.4, -0.2) is 27.1 Å². The predicted molar refractivity (Wildman–Crippen MR) is 39.8 cm³/mol. The lowest BCUT2D eigenvalue weighted by Gasteiger charge is -1.99. The lowest BCUT2D eigenvalue weighted by Crippen LogP contribution is -2.33. The molecule has 0 heterocycles. The molecule has 0 bridgehead atoms. The van der Waals surface area contributed by atoms with Crippen molar-refractivity contribution in [1.29, 1.82) is 0 Å². The summed E-state index contributed by atoms with van der Waals surface area (Å²) in [5.74, 6) is 4.34. The minimum absolute atomic E-state index is 0.0452. The fraction of sp³-hybridized carbons (Fsp3) is 0.750. The van der Waals surface area contributed by atoms with Gasteiger partial charge in [0.2, 0.25) is 15.9 Å². The van der Waals surface area contributed by atoms with Gasteiger partial charge in [0.05, 0.1) is 6.26 Å². The molecule has 4 N–H and O–H groups in total. The van der Waals surface area contributed by atoms with Crippen LogP contribution < -0.4 is 16.0 Å². The van der Waals surface area contributed by atoms with Crippen molar-refractivity contribution in [2.45, 2.75) is 6.42 Å². The quantitative estimate of drug-likeness (QED) is 0.263. The second-order valence-electron chi connectivity index (χ2n) is 1.98. The molecule has 0 aliphatic heterocycles. The van der Waals surface area contributed by atoms with E-state index in [1.807, 2.05) is 5.43 Å². The van der Waals surface area contributed by atoms with Crippen LogP contribution in [0, 0.1) is 0 Å². The van der Waals surface area contributed by atoms with Gasteiger partial charge in [0.25, 0.3) is 0 Å². The van der Waals surface area contributed by atoms with Gasteiger partial charge in [-0.05, 0) is 0 Å². The van der Waals surface area contributed by atoms with E-state index in [0.717, 1.165) is 6.26 Å². The molecule has 0 aliphatic carbocycles. The third-order valence-corrected chi connectivity index (χ3v) is 1.61. The third kappa shape index (κ3) is 7.23. The second kappa shape index (κ2) is 4.27. The summed E-state index contributed by atoms with van der Waals surface area (Å²) in [7, 11) is -3.20. The Bertz CT molecular complexity index is 223. The van der Waals surface area contributed by atoms with E-state index in [9.17, 15) is 13.2 Å². The standard InChI is InChI=1S/C4H11N3O3S/c1-11(9,10)6-3-2-4(8)7-5/h6H,2-3,5H2,1H3,(H,7,8). The number of carbonyl (C=O) groups is 1. The van der Waals surface area contributed by atoms with Gasteiger partial charge in [0.15, 0.2) is 0 Å². The number of hydrazine groups is 1. The van der Waals surface area contributed by atoms with E-state index in [1.54, 1.807) is 0 Å². The largest absolute Gasteiger partial charge is 0.294 e. The highest BCUT2D eigenvalue weighted by atomic mass is 32.2. The number of hydrogen-bond acceptors (Lipinski definition) is 4. The van der Waals surface area contributed by atoms with Crippen molar-refractivity contribution >= 4 is 15.9 Å². The Balaban J connectivity index is 3.51. The molecule has 0 atom stereocenters. The molecule has 0 saturated heterocycles. The van der Waals surface area contributed by atoms with Crippen molar-refractivity contribution < 1.29 is 13.2 Å². The van der Waals surface area contributed by atoms with Crippen LogP contribution >= 0.6 is 0 Å². The van der Waals surface area contributed by atoms with Crippen molar-refractivity contribution in [2.24, 2.45) is 5.84 Å². The van der Waals surface area contributed by atoms with Crippen molar-refractivity contribution in [3.05, 3.63) is 0 Å². The summed E-state index contributed by atoms with van der Waals surface area (Å²) in [5, 5.41) is 0. The Morgan fingerprint density at radius 2 is 2.09 bits per heavy atom. The molecule has 0 rings (SSSR count). The first-order chi connectivity index (χ1) is 4.95. The number of hydrogen-bond donors (Lipinski definition) is 3. The van der Waals surface area contributed by atoms with Gasteiger partial charge in [-0.2, -0.15) is 0 Å². The van der Waals surface area contributed by atoms with Gasteiger partial charge in [0, 0.05) is 13.0 Å². The summed E-state index contributed by atoms with van der Waals surface area (Å²) in [6, 6.07) is 0. The third-order valence-electron chi connectivity index (χ3n) is 0.877. The second-order valence-corrected chi connectivity index (χ2v) is 3.82. The van der Waals surface area contributed by atoms with Gasteiger partial charge in [0.1, 0.15) is 0 Å². The number of carbonyl (C=O) groups excluding carboxylic acids is 1. The van der Waals surface area contributed by atoms with Crippen LogP contribution in [0.15, 0.2) is 0 Å². The summed E-state index contributed by atoms with van der Waals surface area (Å²) in [5.41, 5.74) is 1.88. The van der Waals surface area contributed by atoms with Crippen LogP contribution in [0.2, 0.25) is 0 Å². The molecule has 0 aliphatic rings. The Labute approximate surface area is 65.2 Å². The SMILES string of the molecule is CS(=O)(=O)NCCC(=O)NN. The van der Waals surface area contributed by atoms with Crippen LogP contribution in [0.3, 0.4) is 0 Å². The normalized spacial score (nSPS) is 11.1. The molecule has 0 spiro atoms. The number of nitrogens with one attached hydrogen (secondary N) is 2. The van der Waals surface area contributed by atoms with Crippen LogP contribution in [0.1, 0.15) is 6.42 Å². The summed E-state index contributed by atoms with van der Waals surface area (Å²) in [4.78, 5) is 10.4. The van der Waals surface area contributed by atoms with Gasteiger partial charge in [-0.1, -0.05) is 0 Å². The molecule has 0 radical (unpaired) electrons. The molecule has 11 heavy (non-hydrogen) atoms. The fourth-order valence-electron chi connectivity index (χ4n) is 0.422. The van der Waals surface area contributed by atoms with Crippen molar-refractivity contribution in [3.63, 3.8) is 0 Å². The first kappa shape index (κ1) is 10.3. The maximum atomic E-state index is 10.4. The van der Waals surface area contributed by atoms with E-state index in [1.165, 1.54) is 0 Å². The highest BCUT2D eigenvalue weighted by molar-refractivity contribution is 7.88. The highest BCUT2D eigenvalue weighted by Gasteiger charge is 2.01. The van der Waals surface area contributed by atoms with Crippen LogP contribution in [0.4, 0.5) is 0 Å². The molecule has 66 valence electrons. The van der Waals surface area contributed by atoms with E-state index in [-0.39, 0.29) is 13.0 Å². The summed E-state index contributed by atoms with van der Waals surface area (Å²) < 4.78 is 23.0. The zero-order chi connectivity index (χ0) is 8.91. The molecule has 0 aromatic rings. The maximum absolute atomic E-state index is 10.4. The van der Waals surface area contributed by atoms with E-state index >= 15 is 0 Å². The lowest BCUT2D eigenvalue weighted by molar-refractivity contribution is -0.120. The summed E-state index contributed by atoms with van der Waals surface area (Å²) >= 11 is 0. The summed E-state index contributed by atoms with van der Waals surface area (Å²) in [6.45, 7) is 0.0713. The molecule has 0 saturated carbocycles. The topological polar surface area (TPSA) is 101 Å². The average Bonchev–Trinajstić information content (AvgIpc) is 1.85. The van der Waals surface area contributed by atoms with Gasteiger partial charge in [-0.15, -0.1) is 0 Å². The summed E-state index contributed by atoms with van der Waals surface area (Å²) in [6.07, 6.45) is 1.07. The van der Waals surface area contributed by atoms with Gasteiger partial charge in [-0.3, -0.25) is 10.2 Å². The molecule has 0 aromatic heterocycles. The smallest absolute Gasteiger partial charge is 0.235 e. The lowest BCUT2D eigenvalue weighted by atomic mass is 10.4. The molecule has 0 aromatic carbocycles. The Morgan fingerprint density at radius 1 is 1.55 bits per heavy atom. The van der Waals surface area contributed by atoms with Crippen molar-refractivity contribution in [2.75, 3.05) is 12.8 Å². The minimum Gasteiger partial charge on any atom is -0.294 e. The first-order valence-corrected chi connectivity index (χ1v) is 4.79. The fourth-order valence-corrected chi connectivity index (χ4v) is 0.895. The predicted octanol–water partition coefficient (Wildman–Crippen LogP) is -2.08.